The lowest BCUT2D eigenvalue weighted by molar-refractivity contribution is 0.658. The Balaban J connectivity index is 1.91. The van der Waals surface area contributed by atoms with Gasteiger partial charge in [0, 0.05) is 31.4 Å². The van der Waals surface area contributed by atoms with Gasteiger partial charge in [0.1, 0.15) is 12.1 Å². The quantitative estimate of drug-likeness (QED) is 0.724. The second-order valence-corrected chi connectivity index (χ2v) is 5.47. The molecule has 0 saturated heterocycles. The van der Waals surface area contributed by atoms with E-state index < -0.39 is 0 Å². The number of thiophene rings is 1. The Kier molecular flexibility index (Phi) is 3.64. The maximum absolute atomic E-state index is 4.47. The van der Waals surface area contributed by atoms with Crippen molar-refractivity contribution in [2.45, 2.75) is 26.9 Å². The third-order valence-corrected chi connectivity index (χ3v) is 4.19. The van der Waals surface area contributed by atoms with Crippen molar-refractivity contribution in [1.29, 1.82) is 0 Å². The lowest BCUT2D eigenvalue weighted by Gasteiger charge is -2.21. The molecule has 104 valence electrons. The summed E-state index contributed by atoms with van der Waals surface area (Å²) >= 11 is 1.69. The van der Waals surface area contributed by atoms with Crippen molar-refractivity contribution in [2.24, 2.45) is 0 Å². The molecule has 3 aromatic rings. The Morgan fingerprint density at radius 3 is 2.95 bits per heavy atom. The van der Waals surface area contributed by atoms with Crippen LogP contribution in [-0.4, -0.2) is 26.3 Å². The highest BCUT2D eigenvalue weighted by molar-refractivity contribution is 7.17. The zero-order chi connectivity index (χ0) is 13.9. The molecule has 0 unspecified atom stereocenters. The van der Waals surface area contributed by atoms with Gasteiger partial charge >= 0.3 is 0 Å². The second kappa shape index (κ2) is 5.58. The van der Waals surface area contributed by atoms with Gasteiger partial charge < -0.3 is 4.90 Å². The molecule has 3 heterocycles. The van der Waals surface area contributed by atoms with E-state index in [0.717, 1.165) is 35.7 Å². The zero-order valence-corrected chi connectivity index (χ0v) is 12.5. The molecule has 0 amide bonds. The molecule has 0 N–H and O–H groups in total. The minimum absolute atomic E-state index is 0.820. The van der Waals surface area contributed by atoms with E-state index in [1.807, 2.05) is 16.9 Å². The molecule has 0 bridgehead atoms. The molecule has 0 aliphatic carbocycles. The van der Waals surface area contributed by atoms with Crippen LogP contribution >= 0.6 is 11.3 Å². The molecule has 6 heteroatoms. The van der Waals surface area contributed by atoms with Crippen molar-refractivity contribution >= 4 is 27.4 Å². The van der Waals surface area contributed by atoms with Crippen LogP contribution < -0.4 is 4.90 Å². The predicted molar refractivity (Wildman–Crippen MR) is 82.0 cm³/mol. The number of anilines is 1. The number of hydrogen-bond acceptors (Lipinski definition) is 5. The van der Waals surface area contributed by atoms with Crippen molar-refractivity contribution in [2.75, 3.05) is 11.4 Å². The van der Waals surface area contributed by atoms with E-state index in [0.29, 0.717) is 0 Å². The van der Waals surface area contributed by atoms with Crippen LogP contribution in [0, 0.1) is 0 Å². The molecule has 0 aromatic carbocycles. The van der Waals surface area contributed by atoms with Crippen LogP contribution in [0.15, 0.2) is 30.2 Å². The fraction of sp³-hybridized carbons (Fsp3) is 0.357. The number of hydrogen-bond donors (Lipinski definition) is 0. The summed E-state index contributed by atoms with van der Waals surface area (Å²) in [5.41, 5.74) is 2.22. The van der Waals surface area contributed by atoms with Crippen molar-refractivity contribution in [1.82, 2.24) is 19.7 Å². The molecule has 0 aliphatic heterocycles. The Hall–Kier alpha value is -1.95. The summed E-state index contributed by atoms with van der Waals surface area (Å²) in [5, 5.41) is 6.39. The van der Waals surface area contributed by atoms with Gasteiger partial charge in [-0.1, -0.05) is 0 Å². The molecule has 0 fully saturated rings. The first-order valence-corrected chi connectivity index (χ1v) is 7.64. The monoisotopic (exact) mass is 287 g/mol. The Morgan fingerprint density at radius 2 is 2.20 bits per heavy atom. The van der Waals surface area contributed by atoms with E-state index in [-0.39, 0.29) is 0 Å². The molecule has 0 aliphatic rings. The third-order valence-electron chi connectivity index (χ3n) is 3.29. The average molecular weight is 287 g/mol. The first kappa shape index (κ1) is 13.1. The van der Waals surface area contributed by atoms with Crippen molar-refractivity contribution in [3.63, 3.8) is 0 Å². The largest absolute Gasteiger partial charge is 0.351 e. The number of fused-ring (bicyclic) bond motifs is 1. The molecule has 3 rings (SSSR count). The minimum Gasteiger partial charge on any atom is -0.351 e. The fourth-order valence-corrected chi connectivity index (χ4v) is 3.08. The van der Waals surface area contributed by atoms with Gasteiger partial charge in [-0.05, 0) is 25.3 Å². The highest BCUT2D eigenvalue weighted by Gasteiger charge is 2.13. The van der Waals surface area contributed by atoms with Crippen molar-refractivity contribution in [3.05, 3.63) is 35.7 Å². The summed E-state index contributed by atoms with van der Waals surface area (Å²) in [5.74, 6) is 1.01. The summed E-state index contributed by atoms with van der Waals surface area (Å²) in [7, 11) is 0. The molecule has 0 radical (unpaired) electrons. The summed E-state index contributed by atoms with van der Waals surface area (Å²) in [6.07, 6.45) is 5.66. The van der Waals surface area contributed by atoms with Crippen LogP contribution in [0.4, 0.5) is 5.82 Å². The molecular weight excluding hydrogens is 270 g/mol. The molecule has 0 saturated carbocycles. The number of aryl methyl sites for hydroxylation is 1. The van der Waals surface area contributed by atoms with Crippen LogP contribution in [0.1, 0.15) is 19.4 Å². The van der Waals surface area contributed by atoms with Gasteiger partial charge in [0.25, 0.3) is 0 Å². The van der Waals surface area contributed by atoms with Gasteiger partial charge in [0.15, 0.2) is 0 Å². The van der Waals surface area contributed by atoms with Crippen LogP contribution in [0.5, 0.6) is 0 Å². The molecule has 0 spiro atoms. The lowest BCUT2D eigenvalue weighted by atomic mass is 10.3. The van der Waals surface area contributed by atoms with Crippen LogP contribution in [0.25, 0.3) is 10.2 Å². The van der Waals surface area contributed by atoms with Crippen LogP contribution in [0.3, 0.4) is 0 Å². The average Bonchev–Trinajstić information content (AvgIpc) is 3.13. The van der Waals surface area contributed by atoms with Crippen molar-refractivity contribution < 1.29 is 0 Å². The van der Waals surface area contributed by atoms with Gasteiger partial charge in [-0.2, -0.15) is 5.10 Å². The fourth-order valence-electron chi connectivity index (χ4n) is 2.22. The predicted octanol–water partition coefficient (Wildman–Crippen LogP) is 2.93. The smallest absolute Gasteiger partial charge is 0.150 e. The van der Waals surface area contributed by atoms with Crippen LogP contribution in [-0.2, 0) is 13.1 Å². The van der Waals surface area contributed by atoms with Gasteiger partial charge in [0.2, 0.25) is 0 Å². The lowest BCUT2D eigenvalue weighted by Crippen LogP contribution is -2.23. The van der Waals surface area contributed by atoms with E-state index in [1.54, 1.807) is 17.7 Å². The van der Waals surface area contributed by atoms with E-state index in [1.165, 1.54) is 5.56 Å². The van der Waals surface area contributed by atoms with Gasteiger partial charge in [-0.25, -0.2) is 9.97 Å². The Bertz CT molecular complexity index is 702. The van der Waals surface area contributed by atoms with E-state index in [4.69, 9.17) is 0 Å². The Morgan fingerprint density at radius 1 is 1.30 bits per heavy atom. The maximum atomic E-state index is 4.47. The van der Waals surface area contributed by atoms with E-state index in [9.17, 15) is 0 Å². The molecule has 20 heavy (non-hydrogen) atoms. The van der Waals surface area contributed by atoms with Gasteiger partial charge in [-0.3, -0.25) is 4.68 Å². The minimum atomic E-state index is 0.820. The first-order valence-electron chi connectivity index (χ1n) is 6.76. The molecular formula is C14H17N5S. The normalized spacial score (nSPS) is 11.1. The van der Waals surface area contributed by atoms with E-state index in [2.05, 4.69) is 45.4 Å². The SMILES string of the molecule is CCN(Cc1cnn(CC)c1)c1ncnc2ccsc12. The highest BCUT2D eigenvalue weighted by Crippen LogP contribution is 2.28. The second-order valence-electron chi connectivity index (χ2n) is 4.55. The number of nitrogens with zero attached hydrogens (tertiary/aromatic N) is 5. The number of rotatable bonds is 5. The standard InChI is InChI=1S/C14H17N5S/c1-3-18(8-11-7-17-19(4-2)9-11)14-13-12(5-6-20-13)15-10-16-14/h5-7,9-10H,3-4,8H2,1-2H3. The molecule has 0 atom stereocenters. The van der Waals surface area contributed by atoms with Crippen LogP contribution in [0.2, 0.25) is 0 Å². The number of aromatic nitrogens is 4. The zero-order valence-electron chi connectivity index (χ0n) is 11.7. The summed E-state index contributed by atoms with van der Waals surface area (Å²) < 4.78 is 3.10. The van der Waals surface area contributed by atoms with Gasteiger partial charge in [0.05, 0.1) is 16.4 Å². The van der Waals surface area contributed by atoms with Crippen molar-refractivity contribution in [3.8, 4) is 0 Å². The molecule has 5 nitrogen and oxygen atoms in total. The highest BCUT2D eigenvalue weighted by atomic mass is 32.1. The maximum Gasteiger partial charge on any atom is 0.150 e. The summed E-state index contributed by atoms with van der Waals surface area (Å²) in [6, 6.07) is 2.04. The first-order chi connectivity index (χ1) is 9.81. The summed E-state index contributed by atoms with van der Waals surface area (Å²) in [4.78, 5) is 11.0. The third kappa shape index (κ3) is 2.38. The van der Waals surface area contributed by atoms with Gasteiger partial charge in [-0.15, -0.1) is 11.3 Å². The topological polar surface area (TPSA) is 46.8 Å². The summed E-state index contributed by atoms with van der Waals surface area (Å²) in [6.45, 7) is 6.86. The van der Waals surface area contributed by atoms with E-state index >= 15 is 0 Å². The Labute approximate surface area is 121 Å². The molecule has 3 aromatic heterocycles.